The van der Waals surface area contributed by atoms with Gasteiger partial charge in [0.2, 0.25) is 5.91 Å². The van der Waals surface area contributed by atoms with Gasteiger partial charge < -0.3 is 0 Å². The van der Waals surface area contributed by atoms with Gasteiger partial charge in [-0.25, -0.2) is 0 Å². The molecule has 4 nitrogen and oxygen atoms in total. The van der Waals surface area contributed by atoms with Gasteiger partial charge in [-0.2, -0.15) is 5.10 Å². The molecule has 1 fully saturated rings. The zero-order chi connectivity index (χ0) is 5.56. The van der Waals surface area contributed by atoms with Gasteiger partial charge >= 0.3 is 0 Å². The summed E-state index contributed by atoms with van der Waals surface area (Å²) >= 11 is 0. The molecule has 0 unspecified atom stereocenters. The van der Waals surface area contributed by atoms with Crippen molar-refractivity contribution in [1.29, 1.82) is 0 Å². The minimum Gasteiger partial charge on any atom is -0.285 e. The molecular weight excluding hydrogens is 106 g/mol. The maximum absolute atomic E-state index is 10.5. The summed E-state index contributed by atoms with van der Waals surface area (Å²) in [6, 6.07) is 0. The summed E-state index contributed by atoms with van der Waals surface area (Å²) in [6.07, 6.45) is 2.30. The Labute approximate surface area is 46.2 Å². The standard InChI is InChI=1S/C4H5N3O/c8-4-1-3-6-5-2-7(3)4/h2-3,6H,1H2/t3-/m0/s1. The monoisotopic (exact) mass is 111 g/mol. The van der Waals surface area contributed by atoms with Gasteiger partial charge in [0, 0.05) is 0 Å². The highest BCUT2D eigenvalue weighted by Crippen LogP contribution is 2.16. The van der Waals surface area contributed by atoms with Crippen molar-refractivity contribution in [2.45, 2.75) is 12.6 Å². The summed E-state index contributed by atoms with van der Waals surface area (Å²) in [7, 11) is 0. The number of hydrogen-bond donors (Lipinski definition) is 1. The van der Waals surface area contributed by atoms with Crippen LogP contribution in [0.1, 0.15) is 6.42 Å². The molecule has 0 spiro atoms. The summed E-state index contributed by atoms with van der Waals surface area (Å²) in [5.74, 6) is 0.156. The van der Waals surface area contributed by atoms with Crippen molar-refractivity contribution in [2.24, 2.45) is 5.10 Å². The van der Waals surface area contributed by atoms with Gasteiger partial charge in [-0.3, -0.25) is 15.1 Å². The van der Waals surface area contributed by atoms with Gasteiger partial charge in [-0.05, 0) is 0 Å². The van der Waals surface area contributed by atoms with Crippen LogP contribution in [-0.2, 0) is 4.79 Å². The van der Waals surface area contributed by atoms with E-state index < -0.39 is 0 Å². The third kappa shape index (κ3) is 0.267. The number of nitrogens with one attached hydrogen (secondary N) is 1. The van der Waals surface area contributed by atoms with E-state index in [9.17, 15) is 4.79 Å². The zero-order valence-electron chi connectivity index (χ0n) is 4.16. The highest BCUT2D eigenvalue weighted by atomic mass is 16.2. The second-order valence-electron chi connectivity index (χ2n) is 1.89. The largest absolute Gasteiger partial charge is 0.285 e. The molecule has 0 saturated carbocycles. The molecule has 0 aliphatic carbocycles. The SMILES string of the molecule is O=C1C[C@H]2NN=CN12. The molecule has 0 aromatic rings. The molecule has 2 aliphatic rings. The molecule has 42 valence electrons. The van der Waals surface area contributed by atoms with E-state index in [4.69, 9.17) is 0 Å². The Bertz CT molecular complexity index is 165. The molecule has 0 bridgehead atoms. The van der Waals surface area contributed by atoms with E-state index in [1.165, 1.54) is 6.34 Å². The normalized spacial score (nSPS) is 31.8. The Morgan fingerprint density at radius 3 is 3.38 bits per heavy atom. The molecular formula is C4H5N3O. The van der Waals surface area contributed by atoms with E-state index >= 15 is 0 Å². The van der Waals surface area contributed by atoms with E-state index in [1.54, 1.807) is 4.90 Å². The molecule has 0 aromatic heterocycles. The van der Waals surface area contributed by atoms with Crippen LogP contribution in [0.15, 0.2) is 5.10 Å². The minimum atomic E-state index is 0.156. The Balaban J connectivity index is 2.21. The van der Waals surface area contributed by atoms with Crippen molar-refractivity contribution < 1.29 is 4.79 Å². The number of β-lactam (4-membered cyclic amide) rings is 1. The first-order chi connectivity index (χ1) is 3.88. The Hall–Kier alpha value is -1.06. The first-order valence-electron chi connectivity index (χ1n) is 2.48. The summed E-state index contributed by atoms with van der Waals surface area (Å²) < 4.78 is 0. The maximum Gasteiger partial charge on any atom is 0.233 e. The van der Waals surface area contributed by atoms with Crippen LogP contribution in [-0.4, -0.2) is 23.3 Å². The molecule has 1 atom stereocenters. The first kappa shape index (κ1) is 3.88. The summed E-state index contributed by atoms with van der Waals surface area (Å²) in [5, 5.41) is 3.69. The molecule has 8 heavy (non-hydrogen) atoms. The molecule has 1 saturated heterocycles. The predicted octanol–water partition coefficient (Wildman–Crippen LogP) is -0.909. The van der Waals surface area contributed by atoms with Crippen molar-refractivity contribution in [3.05, 3.63) is 0 Å². The van der Waals surface area contributed by atoms with Crippen LogP contribution in [0.3, 0.4) is 0 Å². The van der Waals surface area contributed by atoms with Crippen molar-refractivity contribution in [3.8, 4) is 0 Å². The molecule has 0 radical (unpaired) electrons. The summed E-state index contributed by atoms with van der Waals surface area (Å²) in [4.78, 5) is 12.1. The zero-order valence-corrected chi connectivity index (χ0v) is 4.16. The van der Waals surface area contributed by atoms with Crippen LogP contribution < -0.4 is 5.43 Å². The lowest BCUT2D eigenvalue weighted by Gasteiger charge is -2.30. The van der Waals surface area contributed by atoms with Gasteiger partial charge in [-0.1, -0.05) is 0 Å². The quantitative estimate of drug-likeness (QED) is 0.411. The third-order valence-corrected chi connectivity index (χ3v) is 1.40. The molecule has 4 heteroatoms. The molecule has 1 amide bonds. The van der Waals surface area contributed by atoms with Gasteiger partial charge in [0.1, 0.15) is 12.5 Å². The number of hydrogen-bond acceptors (Lipinski definition) is 3. The van der Waals surface area contributed by atoms with E-state index in [-0.39, 0.29) is 12.1 Å². The van der Waals surface area contributed by atoms with Crippen LogP contribution in [0.5, 0.6) is 0 Å². The van der Waals surface area contributed by atoms with Crippen LogP contribution in [0, 0.1) is 0 Å². The number of hydrazone groups is 1. The van der Waals surface area contributed by atoms with Crippen molar-refractivity contribution in [2.75, 3.05) is 0 Å². The highest BCUT2D eigenvalue weighted by Gasteiger charge is 2.37. The average Bonchev–Trinajstić information content (AvgIpc) is 2.09. The van der Waals surface area contributed by atoms with E-state index in [2.05, 4.69) is 10.5 Å². The van der Waals surface area contributed by atoms with Gasteiger partial charge in [0.25, 0.3) is 0 Å². The minimum absolute atomic E-state index is 0.156. The van der Waals surface area contributed by atoms with Crippen molar-refractivity contribution in [3.63, 3.8) is 0 Å². The van der Waals surface area contributed by atoms with Crippen LogP contribution in [0.4, 0.5) is 0 Å². The number of carbonyl (C=O) groups is 1. The van der Waals surface area contributed by atoms with E-state index in [0.717, 1.165) is 0 Å². The predicted molar refractivity (Wildman–Crippen MR) is 26.9 cm³/mol. The fourth-order valence-corrected chi connectivity index (χ4v) is 0.865. The highest BCUT2D eigenvalue weighted by molar-refractivity contribution is 5.94. The van der Waals surface area contributed by atoms with E-state index in [0.29, 0.717) is 6.42 Å². The molecule has 1 N–H and O–H groups in total. The summed E-state index contributed by atoms with van der Waals surface area (Å²) in [5.41, 5.74) is 2.76. The Kier molecular flexibility index (Phi) is 0.494. The van der Waals surface area contributed by atoms with Gasteiger partial charge in [0.15, 0.2) is 0 Å². The second-order valence-corrected chi connectivity index (χ2v) is 1.89. The van der Waals surface area contributed by atoms with Crippen LogP contribution in [0.25, 0.3) is 0 Å². The Morgan fingerprint density at radius 1 is 2.00 bits per heavy atom. The number of carbonyl (C=O) groups excluding carboxylic acids is 1. The van der Waals surface area contributed by atoms with Crippen LogP contribution >= 0.6 is 0 Å². The molecule has 2 heterocycles. The fourth-order valence-electron chi connectivity index (χ4n) is 0.865. The lowest BCUT2D eigenvalue weighted by Crippen LogP contribution is -2.53. The van der Waals surface area contributed by atoms with Crippen molar-refractivity contribution >= 4 is 12.2 Å². The van der Waals surface area contributed by atoms with Gasteiger partial charge in [-0.15, -0.1) is 0 Å². The smallest absolute Gasteiger partial charge is 0.233 e. The maximum atomic E-state index is 10.5. The number of nitrogens with zero attached hydrogens (tertiary/aromatic N) is 2. The first-order valence-corrected chi connectivity index (χ1v) is 2.48. The number of amides is 1. The number of fused-ring (bicyclic) bond motifs is 1. The van der Waals surface area contributed by atoms with Crippen molar-refractivity contribution in [1.82, 2.24) is 10.3 Å². The average molecular weight is 111 g/mol. The molecule has 2 aliphatic heterocycles. The third-order valence-electron chi connectivity index (χ3n) is 1.40. The van der Waals surface area contributed by atoms with Crippen LogP contribution in [0.2, 0.25) is 0 Å². The Morgan fingerprint density at radius 2 is 2.88 bits per heavy atom. The molecule has 0 aromatic carbocycles. The number of rotatable bonds is 0. The lowest BCUT2D eigenvalue weighted by molar-refractivity contribution is -0.138. The fraction of sp³-hybridized carbons (Fsp3) is 0.500. The second kappa shape index (κ2) is 1.02. The molecule has 2 rings (SSSR count). The lowest BCUT2D eigenvalue weighted by atomic mass is 10.2. The topological polar surface area (TPSA) is 44.7 Å². The van der Waals surface area contributed by atoms with E-state index in [1.807, 2.05) is 0 Å². The summed E-state index contributed by atoms with van der Waals surface area (Å²) in [6.45, 7) is 0. The van der Waals surface area contributed by atoms with Gasteiger partial charge in [0.05, 0.1) is 6.42 Å².